The van der Waals surface area contributed by atoms with E-state index in [4.69, 9.17) is 34.8 Å². The van der Waals surface area contributed by atoms with Crippen molar-refractivity contribution in [2.75, 3.05) is 0 Å². The molecule has 0 N–H and O–H groups in total. The molecule has 0 aliphatic rings. The first-order valence-corrected chi connectivity index (χ1v) is 7.13. The van der Waals surface area contributed by atoms with Crippen LogP contribution in [-0.2, 0) is 16.8 Å². The second-order valence-corrected chi connectivity index (χ2v) is 6.34. The van der Waals surface area contributed by atoms with Crippen molar-refractivity contribution >= 4 is 34.8 Å². The maximum Gasteiger partial charge on any atom is 0.234 e. The summed E-state index contributed by atoms with van der Waals surface area (Å²) in [6.07, 6.45) is 5.00. The first kappa shape index (κ1) is 15.1. The molecule has 6 heteroatoms. The lowest BCUT2D eigenvalue weighted by Gasteiger charge is -2.14. The molecule has 3 nitrogen and oxygen atoms in total. The van der Waals surface area contributed by atoms with Gasteiger partial charge in [0.2, 0.25) is 3.79 Å². The second-order valence-electron chi connectivity index (χ2n) is 4.06. The van der Waals surface area contributed by atoms with Gasteiger partial charge in [-0.3, -0.25) is 0 Å². The molecule has 0 saturated heterocycles. The van der Waals surface area contributed by atoms with Gasteiger partial charge in [-0.25, -0.2) is 4.68 Å². The summed E-state index contributed by atoms with van der Waals surface area (Å²) in [5.41, 5.74) is 1.44. The molecule has 98 valence electrons. The van der Waals surface area contributed by atoms with Crippen molar-refractivity contribution in [2.24, 2.45) is 0 Å². The molecule has 0 amide bonds. The Hall–Kier alpha value is 0.01000. The smallest absolute Gasteiger partial charge is 0.234 e. The van der Waals surface area contributed by atoms with E-state index in [1.165, 1.54) is 0 Å². The molecule has 0 fully saturated rings. The van der Waals surface area contributed by atoms with Gasteiger partial charge in [-0.2, -0.15) is 0 Å². The topological polar surface area (TPSA) is 30.7 Å². The van der Waals surface area contributed by atoms with E-state index in [-0.39, 0.29) is 0 Å². The molecule has 1 rings (SSSR count). The summed E-state index contributed by atoms with van der Waals surface area (Å²) in [4.78, 5) is 0. The number of aryl methyl sites for hydroxylation is 2. The normalized spacial score (nSPS) is 12.1. The number of rotatable bonds is 6. The van der Waals surface area contributed by atoms with Gasteiger partial charge in [0.25, 0.3) is 0 Å². The van der Waals surface area contributed by atoms with E-state index >= 15 is 0 Å². The number of nitrogens with zero attached hydrogens (tertiary/aromatic N) is 3. The van der Waals surface area contributed by atoms with Crippen LogP contribution in [0.4, 0.5) is 0 Å². The highest BCUT2D eigenvalue weighted by Gasteiger charge is 2.31. The van der Waals surface area contributed by atoms with Crippen molar-refractivity contribution in [1.29, 1.82) is 0 Å². The predicted molar refractivity (Wildman–Crippen MR) is 72.8 cm³/mol. The molecular formula is C11H18Cl3N3. The van der Waals surface area contributed by atoms with E-state index in [1.54, 1.807) is 4.68 Å². The average molecular weight is 299 g/mol. The van der Waals surface area contributed by atoms with Gasteiger partial charge in [-0.05, 0) is 19.3 Å². The molecule has 0 aliphatic carbocycles. The lowest BCUT2D eigenvalue weighted by atomic mass is 10.2. The Bertz CT molecular complexity index is 319. The maximum atomic E-state index is 6.00. The Morgan fingerprint density at radius 1 is 1.12 bits per heavy atom. The lowest BCUT2D eigenvalue weighted by Crippen LogP contribution is -2.14. The van der Waals surface area contributed by atoms with E-state index in [1.807, 2.05) is 0 Å². The minimum Gasteiger partial charge on any atom is -0.245 e. The summed E-state index contributed by atoms with van der Waals surface area (Å²) < 4.78 is 0.280. The molecule has 0 atom stereocenters. The number of aromatic nitrogens is 3. The van der Waals surface area contributed by atoms with Crippen LogP contribution in [-0.4, -0.2) is 15.0 Å². The third-order valence-corrected chi connectivity index (χ3v) is 3.10. The fourth-order valence-electron chi connectivity index (χ4n) is 1.64. The van der Waals surface area contributed by atoms with E-state index in [2.05, 4.69) is 24.2 Å². The molecule has 0 unspecified atom stereocenters. The van der Waals surface area contributed by atoms with Crippen molar-refractivity contribution in [3.8, 4) is 0 Å². The monoisotopic (exact) mass is 297 g/mol. The zero-order valence-electron chi connectivity index (χ0n) is 10.2. The second kappa shape index (κ2) is 6.81. The van der Waals surface area contributed by atoms with Crippen LogP contribution in [0.1, 0.15) is 50.9 Å². The quantitative estimate of drug-likeness (QED) is 0.735. The molecular weight excluding hydrogens is 281 g/mol. The van der Waals surface area contributed by atoms with Gasteiger partial charge in [0.05, 0.1) is 5.69 Å². The first-order chi connectivity index (χ1) is 8.00. The average Bonchev–Trinajstić information content (AvgIpc) is 2.66. The van der Waals surface area contributed by atoms with Crippen LogP contribution < -0.4 is 0 Å². The number of unbranched alkanes of at least 4 members (excludes halogenated alkanes) is 2. The number of alkyl halides is 3. The summed E-state index contributed by atoms with van der Waals surface area (Å²) in [7, 11) is 0. The number of hydrogen-bond acceptors (Lipinski definition) is 2. The van der Waals surface area contributed by atoms with Gasteiger partial charge >= 0.3 is 0 Å². The van der Waals surface area contributed by atoms with Crippen LogP contribution in [0.15, 0.2) is 0 Å². The molecule has 17 heavy (non-hydrogen) atoms. The first-order valence-electron chi connectivity index (χ1n) is 6.00. The Kier molecular flexibility index (Phi) is 6.04. The molecule has 0 aliphatic heterocycles. The van der Waals surface area contributed by atoms with Crippen LogP contribution in [0.5, 0.6) is 0 Å². The minimum atomic E-state index is -1.44. The molecule has 1 heterocycles. The zero-order valence-corrected chi connectivity index (χ0v) is 12.5. The molecule has 0 aromatic carbocycles. The van der Waals surface area contributed by atoms with Crippen LogP contribution in [0.3, 0.4) is 0 Å². The SMILES string of the molecule is CCCCc1nnn(CCCC)c1C(Cl)(Cl)Cl. The summed E-state index contributed by atoms with van der Waals surface area (Å²) in [6.45, 7) is 4.99. The van der Waals surface area contributed by atoms with Crippen LogP contribution in [0, 0.1) is 0 Å². The van der Waals surface area contributed by atoms with Gasteiger partial charge in [0.15, 0.2) is 0 Å². The standard InChI is InChI=1S/C11H18Cl3N3/c1-3-5-7-9-10(11(12,13)14)17(16-15-9)8-6-4-2/h3-8H2,1-2H3. The highest BCUT2D eigenvalue weighted by molar-refractivity contribution is 6.66. The maximum absolute atomic E-state index is 6.00. The van der Waals surface area contributed by atoms with Crippen molar-refractivity contribution in [3.05, 3.63) is 11.4 Å². The lowest BCUT2D eigenvalue weighted by molar-refractivity contribution is 0.535. The fraction of sp³-hybridized carbons (Fsp3) is 0.818. The van der Waals surface area contributed by atoms with E-state index in [9.17, 15) is 0 Å². The van der Waals surface area contributed by atoms with Gasteiger partial charge in [0, 0.05) is 6.54 Å². The minimum absolute atomic E-state index is 0.629. The third-order valence-electron chi connectivity index (χ3n) is 2.56. The molecule has 0 spiro atoms. The predicted octanol–water partition coefficient (Wildman–Crippen LogP) is 4.25. The molecule has 0 bridgehead atoms. The highest BCUT2D eigenvalue weighted by atomic mass is 35.6. The summed E-state index contributed by atoms with van der Waals surface area (Å²) in [5, 5.41) is 8.22. The number of hydrogen-bond donors (Lipinski definition) is 0. The van der Waals surface area contributed by atoms with Crippen molar-refractivity contribution < 1.29 is 0 Å². The van der Waals surface area contributed by atoms with Crippen molar-refractivity contribution in [3.63, 3.8) is 0 Å². The summed E-state index contributed by atoms with van der Waals surface area (Å²) in [6, 6.07) is 0. The van der Waals surface area contributed by atoms with Gasteiger partial charge < -0.3 is 0 Å². The fourth-order valence-corrected chi connectivity index (χ4v) is 2.26. The molecule has 1 aromatic heterocycles. The molecule has 1 aromatic rings. The van der Waals surface area contributed by atoms with Crippen molar-refractivity contribution in [2.45, 2.75) is 56.3 Å². The Morgan fingerprint density at radius 3 is 2.29 bits per heavy atom. The van der Waals surface area contributed by atoms with Gasteiger partial charge in [0.1, 0.15) is 5.69 Å². The van der Waals surface area contributed by atoms with Crippen LogP contribution in [0.2, 0.25) is 0 Å². The highest BCUT2D eigenvalue weighted by Crippen LogP contribution is 2.39. The van der Waals surface area contributed by atoms with E-state index < -0.39 is 3.79 Å². The van der Waals surface area contributed by atoms with Gasteiger partial charge in [-0.1, -0.05) is 66.7 Å². The van der Waals surface area contributed by atoms with Crippen LogP contribution >= 0.6 is 34.8 Å². The summed E-state index contributed by atoms with van der Waals surface area (Å²) in [5.74, 6) is 0. The van der Waals surface area contributed by atoms with Gasteiger partial charge in [-0.15, -0.1) is 5.10 Å². The molecule has 0 saturated carbocycles. The zero-order chi connectivity index (χ0) is 12.9. The number of halogens is 3. The van der Waals surface area contributed by atoms with E-state index in [0.29, 0.717) is 5.69 Å². The van der Waals surface area contributed by atoms with E-state index in [0.717, 1.165) is 44.3 Å². The molecule has 0 radical (unpaired) electrons. The Labute approximate surface area is 117 Å². The Balaban J connectivity index is 2.94. The largest absolute Gasteiger partial charge is 0.245 e. The van der Waals surface area contributed by atoms with Crippen LogP contribution in [0.25, 0.3) is 0 Å². The third kappa shape index (κ3) is 4.31. The Morgan fingerprint density at radius 2 is 1.76 bits per heavy atom. The summed E-state index contributed by atoms with van der Waals surface area (Å²) >= 11 is 18.0. The van der Waals surface area contributed by atoms with Crippen molar-refractivity contribution in [1.82, 2.24) is 15.0 Å².